The van der Waals surface area contributed by atoms with Crippen molar-refractivity contribution in [3.63, 3.8) is 0 Å². The van der Waals surface area contributed by atoms with Crippen LogP contribution in [0.2, 0.25) is 0 Å². The van der Waals surface area contributed by atoms with Gasteiger partial charge in [-0.15, -0.1) is 0 Å². The van der Waals surface area contributed by atoms with E-state index in [4.69, 9.17) is 4.74 Å². The summed E-state index contributed by atoms with van der Waals surface area (Å²) >= 11 is 0. The van der Waals surface area contributed by atoms with Gasteiger partial charge < -0.3 is 9.64 Å². The van der Waals surface area contributed by atoms with E-state index in [1.807, 2.05) is 47.9 Å². The molecule has 7 heteroatoms. The topological polar surface area (TPSA) is 32.8 Å². The summed E-state index contributed by atoms with van der Waals surface area (Å²) in [5.41, 5.74) is 0.500. The lowest BCUT2D eigenvalue weighted by atomic mass is 9.99. The number of amides is 1. The van der Waals surface area contributed by atoms with Gasteiger partial charge in [0.2, 0.25) is 5.91 Å². The second kappa shape index (κ2) is 9.73. The maximum absolute atomic E-state index is 13.3. The van der Waals surface area contributed by atoms with Crippen molar-refractivity contribution in [2.75, 3.05) is 25.1 Å². The van der Waals surface area contributed by atoms with Crippen molar-refractivity contribution in [3.8, 4) is 5.75 Å². The van der Waals surface area contributed by atoms with Crippen LogP contribution in [0.3, 0.4) is 0 Å². The van der Waals surface area contributed by atoms with E-state index >= 15 is 0 Å². The number of piperidine rings is 1. The Balaban J connectivity index is 1.74. The average molecular weight is 435 g/mol. The van der Waals surface area contributed by atoms with Crippen LogP contribution in [0.4, 0.5) is 18.9 Å². The van der Waals surface area contributed by atoms with E-state index in [9.17, 15) is 18.0 Å². The van der Waals surface area contributed by atoms with Gasteiger partial charge in [0.1, 0.15) is 5.75 Å². The quantitative estimate of drug-likeness (QED) is 0.613. The minimum atomic E-state index is -4.36. The molecule has 0 unspecified atom stereocenters. The van der Waals surface area contributed by atoms with Gasteiger partial charge in [-0.3, -0.25) is 9.69 Å². The summed E-state index contributed by atoms with van der Waals surface area (Å²) in [5, 5.41) is 0. The number of hydrogen-bond acceptors (Lipinski definition) is 3. The lowest BCUT2D eigenvalue weighted by Crippen LogP contribution is -2.48. The van der Waals surface area contributed by atoms with Gasteiger partial charge in [0, 0.05) is 43.3 Å². The van der Waals surface area contributed by atoms with Gasteiger partial charge in [-0.1, -0.05) is 38.1 Å². The Bertz CT molecular complexity index is 890. The van der Waals surface area contributed by atoms with Crippen molar-refractivity contribution >= 4 is 11.6 Å². The number of benzene rings is 2. The molecule has 4 nitrogen and oxygen atoms in total. The maximum Gasteiger partial charge on any atom is 0.416 e. The van der Waals surface area contributed by atoms with Crippen molar-refractivity contribution in [3.05, 3.63) is 59.7 Å². The zero-order chi connectivity index (χ0) is 22.6. The third-order valence-corrected chi connectivity index (χ3v) is 5.70. The second-order valence-electron chi connectivity index (χ2n) is 8.23. The highest BCUT2D eigenvalue weighted by atomic mass is 19.4. The normalized spacial score (nSPS) is 15.8. The monoisotopic (exact) mass is 434 g/mol. The standard InChI is InChI=1S/C24H29F3N2O2/c1-17(2)23(30)29(20-8-6-9-21(15-20)31-3)19-11-13-28(14-12-19)16-18-7-4-5-10-22(18)24(25,26)27/h4-10,15,17,19H,11-14,16H2,1-3H3. The average Bonchev–Trinajstić information content (AvgIpc) is 2.75. The van der Waals surface area contributed by atoms with Crippen molar-refractivity contribution in [2.24, 2.45) is 5.92 Å². The van der Waals surface area contributed by atoms with E-state index in [0.717, 1.165) is 11.8 Å². The molecule has 1 fully saturated rings. The first-order valence-corrected chi connectivity index (χ1v) is 10.5. The first kappa shape index (κ1) is 23.1. The van der Waals surface area contributed by atoms with Gasteiger partial charge in [-0.2, -0.15) is 13.2 Å². The minimum absolute atomic E-state index is 0.00360. The summed E-state index contributed by atoms with van der Waals surface area (Å²) < 4.78 is 45.3. The van der Waals surface area contributed by atoms with Crippen molar-refractivity contribution in [1.29, 1.82) is 0 Å². The highest BCUT2D eigenvalue weighted by Gasteiger charge is 2.34. The van der Waals surface area contributed by atoms with Gasteiger partial charge in [0.25, 0.3) is 0 Å². The molecule has 0 aliphatic carbocycles. The third-order valence-electron chi connectivity index (χ3n) is 5.70. The smallest absolute Gasteiger partial charge is 0.416 e. The largest absolute Gasteiger partial charge is 0.497 e. The molecule has 0 atom stereocenters. The Morgan fingerprint density at radius 3 is 2.42 bits per heavy atom. The van der Waals surface area contributed by atoms with Gasteiger partial charge >= 0.3 is 6.18 Å². The Kier molecular flexibility index (Phi) is 7.26. The van der Waals surface area contributed by atoms with E-state index in [1.54, 1.807) is 19.2 Å². The number of likely N-dealkylation sites (tertiary alicyclic amines) is 1. The van der Waals surface area contributed by atoms with Crippen molar-refractivity contribution < 1.29 is 22.7 Å². The lowest BCUT2D eigenvalue weighted by Gasteiger charge is -2.39. The number of rotatable bonds is 6. The molecule has 1 aliphatic heterocycles. The molecule has 168 valence electrons. The Labute approximate surface area is 181 Å². The lowest BCUT2D eigenvalue weighted by molar-refractivity contribution is -0.138. The third kappa shape index (κ3) is 5.58. The summed E-state index contributed by atoms with van der Waals surface area (Å²) in [7, 11) is 1.59. The molecule has 0 spiro atoms. The van der Waals surface area contributed by atoms with Crippen LogP contribution in [0.25, 0.3) is 0 Å². The van der Waals surface area contributed by atoms with Gasteiger partial charge in [-0.05, 0) is 36.6 Å². The first-order chi connectivity index (χ1) is 14.7. The summed E-state index contributed by atoms with van der Waals surface area (Å²) in [6, 6.07) is 13.2. The summed E-state index contributed by atoms with van der Waals surface area (Å²) in [4.78, 5) is 16.9. The zero-order valence-corrected chi connectivity index (χ0v) is 18.2. The van der Waals surface area contributed by atoms with Crippen LogP contribution in [-0.2, 0) is 17.5 Å². The number of carbonyl (C=O) groups excluding carboxylic acids is 1. The number of halogens is 3. The summed E-state index contributed by atoms with van der Waals surface area (Å²) in [5.74, 6) is 0.553. The number of nitrogens with zero attached hydrogens (tertiary/aromatic N) is 2. The number of methoxy groups -OCH3 is 1. The Hall–Kier alpha value is -2.54. The van der Waals surface area contributed by atoms with Crippen LogP contribution in [0, 0.1) is 5.92 Å². The minimum Gasteiger partial charge on any atom is -0.497 e. The molecule has 2 aromatic carbocycles. The van der Waals surface area contributed by atoms with E-state index < -0.39 is 11.7 Å². The van der Waals surface area contributed by atoms with Crippen LogP contribution in [0.5, 0.6) is 5.75 Å². The van der Waals surface area contributed by atoms with Crippen LogP contribution in [0.1, 0.15) is 37.8 Å². The molecule has 0 saturated carbocycles. The molecule has 1 amide bonds. The van der Waals surface area contributed by atoms with Crippen LogP contribution in [0.15, 0.2) is 48.5 Å². The number of alkyl halides is 3. The van der Waals surface area contributed by atoms with E-state index in [0.29, 0.717) is 31.7 Å². The molecule has 1 heterocycles. The van der Waals surface area contributed by atoms with Crippen molar-refractivity contribution in [2.45, 2.75) is 45.5 Å². The summed E-state index contributed by atoms with van der Waals surface area (Å²) in [6.45, 7) is 5.25. The predicted molar refractivity (Wildman–Crippen MR) is 115 cm³/mol. The SMILES string of the molecule is COc1cccc(N(C(=O)C(C)C)C2CCN(Cc3ccccc3C(F)(F)F)CC2)c1. The van der Waals surface area contributed by atoms with E-state index in [-0.39, 0.29) is 30.0 Å². The molecular weight excluding hydrogens is 405 g/mol. The molecule has 0 bridgehead atoms. The highest BCUT2D eigenvalue weighted by molar-refractivity contribution is 5.95. The van der Waals surface area contributed by atoms with Gasteiger partial charge in [0.15, 0.2) is 0 Å². The van der Waals surface area contributed by atoms with E-state index in [1.165, 1.54) is 6.07 Å². The fourth-order valence-corrected chi connectivity index (χ4v) is 4.07. The first-order valence-electron chi connectivity index (χ1n) is 10.5. The van der Waals surface area contributed by atoms with E-state index in [2.05, 4.69) is 0 Å². The molecule has 1 aliphatic rings. The molecular formula is C24H29F3N2O2. The number of hydrogen-bond donors (Lipinski definition) is 0. The highest BCUT2D eigenvalue weighted by Crippen LogP contribution is 2.33. The Morgan fingerprint density at radius 2 is 1.81 bits per heavy atom. The number of ether oxygens (including phenoxy) is 1. The zero-order valence-electron chi connectivity index (χ0n) is 18.2. The fraction of sp³-hybridized carbons (Fsp3) is 0.458. The maximum atomic E-state index is 13.3. The Morgan fingerprint density at radius 1 is 1.13 bits per heavy atom. The molecule has 0 N–H and O–H groups in total. The van der Waals surface area contributed by atoms with Crippen molar-refractivity contribution in [1.82, 2.24) is 4.90 Å². The molecule has 0 radical (unpaired) electrons. The molecule has 0 aromatic heterocycles. The molecule has 3 rings (SSSR count). The second-order valence-corrected chi connectivity index (χ2v) is 8.23. The number of anilines is 1. The molecule has 2 aromatic rings. The number of carbonyl (C=O) groups is 1. The van der Waals surface area contributed by atoms with Crippen LogP contribution in [-0.4, -0.2) is 37.0 Å². The van der Waals surface area contributed by atoms with Crippen LogP contribution < -0.4 is 9.64 Å². The van der Waals surface area contributed by atoms with Crippen LogP contribution >= 0.6 is 0 Å². The van der Waals surface area contributed by atoms with Gasteiger partial charge in [-0.25, -0.2) is 0 Å². The summed E-state index contributed by atoms with van der Waals surface area (Å²) in [6.07, 6.45) is -2.96. The predicted octanol–water partition coefficient (Wildman–Crippen LogP) is 5.37. The molecule has 31 heavy (non-hydrogen) atoms. The molecule has 1 saturated heterocycles. The van der Waals surface area contributed by atoms with Gasteiger partial charge in [0.05, 0.1) is 12.7 Å². The fourth-order valence-electron chi connectivity index (χ4n) is 4.07.